The molecule has 12 atom stereocenters. The summed E-state index contributed by atoms with van der Waals surface area (Å²) in [7, 11) is -6.53. The van der Waals surface area contributed by atoms with Crippen molar-refractivity contribution in [2.45, 2.75) is 166 Å². The van der Waals surface area contributed by atoms with E-state index in [1.54, 1.807) is 138 Å². The van der Waals surface area contributed by atoms with E-state index in [2.05, 4.69) is 81.1 Å². The number of fused-ring (bicyclic) bond motifs is 5. The number of amides is 2. The second-order valence-corrected chi connectivity index (χ2v) is 35.7. The Morgan fingerprint density at radius 2 is 0.966 bits per heavy atom. The van der Waals surface area contributed by atoms with Gasteiger partial charge in [0.25, 0.3) is 20.2 Å². The summed E-state index contributed by atoms with van der Waals surface area (Å²) in [6.45, 7) is 23.1. The average Bonchev–Trinajstić information content (AvgIpc) is 1.59. The van der Waals surface area contributed by atoms with Crippen LogP contribution in [0.1, 0.15) is 105 Å². The number of aliphatic hydroxyl groups is 3. The zero-order chi connectivity index (χ0) is 85.8. The summed E-state index contributed by atoms with van der Waals surface area (Å²) >= 11 is 5.02. The van der Waals surface area contributed by atoms with Crippen LogP contribution in [0.5, 0.6) is 0 Å². The Labute approximate surface area is 688 Å². The number of imidazole rings is 3. The summed E-state index contributed by atoms with van der Waals surface area (Å²) in [6.07, 6.45) is 13.5. The zero-order valence-corrected chi connectivity index (χ0v) is 69.0. The molecule has 4 N–H and O–H groups in total. The lowest BCUT2D eigenvalue weighted by Crippen LogP contribution is -2.34. The Morgan fingerprint density at radius 1 is 0.568 bits per heavy atom. The van der Waals surface area contributed by atoms with Crippen LogP contribution in [-0.2, 0) is 80.3 Å². The zero-order valence-electron chi connectivity index (χ0n) is 65.0. The first-order valence-electron chi connectivity index (χ1n) is 35.8. The Kier molecular flexibility index (Phi) is 26.8. The highest BCUT2D eigenvalue weighted by atomic mass is 35.7. The molecule has 6 aromatic heterocycles. The molecule has 0 spiro atoms. The van der Waals surface area contributed by atoms with Gasteiger partial charge >= 0.3 is 12.2 Å². The molecule has 14 rings (SSSR count). The minimum atomic E-state index is -3.96. The monoisotopic (exact) mass is 1720 g/mol. The Morgan fingerprint density at radius 3 is 1.40 bits per heavy atom. The van der Waals surface area contributed by atoms with Crippen molar-refractivity contribution in [1.29, 1.82) is 0 Å². The third-order valence-electron chi connectivity index (χ3n) is 17.6. The van der Waals surface area contributed by atoms with Crippen molar-refractivity contribution < 1.29 is 101 Å². The minimum Gasteiger partial charge on any atom is -0.443 e. The van der Waals surface area contributed by atoms with Crippen LogP contribution < -0.4 is 15.1 Å². The van der Waals surface area contributed by atoms with E-state index >= 15 is 0 Å². The van der Waals surface area contributed by atoms with Crippen molar-refractivity contribution in [3.8, 4) is 37.0 Å². The summed E-state index contributed by atoms with van der Waals surface area (Å²) < 4.78 is 135. The Bertz CT molecular complexity index is 5720. The first kappa shape index (κ1) is 88.6. The molecule has 118 heavy (non-hydrogen) atoms. The van der Waals surface area contributed by atoms with Gasteiger partial charge in [-0.05, 0) is 124 Å². The number of carbonyl (C=O) groups is 2. The normalized spacial score (nSPS) is 23.0. The number of aliphatic hydroxyl groups excluding tert-OH is 3. The molecule has 0 radical (unpaired) electrons. The fraction of sp³-hybridized carbons (Fsp3) is 0.408. The fourth-order valence-corrected chi connectivity index (χ4v) is 14.8. The highest BCUT2D eigenvalue weighted by molar-refractivity contribution is 8.13. The largest absolute Gasteiger partial charge is 0.443 e. The molecule has 5 fully saturated rings. The van der Waals surface area contributed by atoms with E-state index in [0.29, 0.717) is 78.4 Å². The molecule has 5 saturated heterocycles. The molecule has 0 aliphatic carbocycles. The van der Waals surface area contributed by atoms with Crippen LogP contribution in [0.3, 0.4) is 0 Å². The van der Waals surface area contributed by atoms with Crippen LogP contribution in [0.4, 0.5) is 44.1 Å². The molecule has 37 nitrogen and oxygen atoms in total. The van der Waals surface area contributed by atoms with Crippen LogP contribution in [0.15, 0.2) is 135 Å². The highest BCUT2D eigenvalue weighted by Crippen LogP contribution is 2.47. The van der Waals surface area contributed by atoms with E-state index < -0.39 is 144 Å². The molecule has 5 aliphatic rings. The van der Waals surface area contributed by atoms with Crippen LogP contribution in [0, 0.1) is 37.0 Å². The molecule has 42 heteroatoms. The molecule has 0 saturated carbocycles. The summed E-state index contributed by atoms with van der Waals surface area (Å²) in [5.74, 6) is 6.56. The first-order valence-corrected chi connectivity index (χ1v) is 41.8. The summed E-state index contributed by atoms with van der Waals surface area (Å²) in [5, 5.41) is 35.1. The van der Waals surface area contributed by atoms with Crippen LogP contribution in [0.25, 0.3) is 33.5 Å². The van der Waals surface area contributed by atoms with E-state index in [9.17, 15) is 50.2 Å². The van der Waals surface area contributed by atoms with Crippen LogP contribution in [0.2, 0.25) is 0 Å². The third kappa shape index (κ3) is 20.7. The van der Waals surface area contributed by atoms with Crippen molar-refractivity contribution in [1.82, 2.24) is 58.6 Å². The summed E-state index contributed by atoms with van der Waals surface area (Å²) in [5.41, 5.74) is 3.88. The fourth-order valence-electron chi connectivity index (χ4n) is 12.7. The van der Waals surface area contributed by atoms with E-state index in [-0.39, 0.29) is 42.0 Å². The van der Waals surface area contributed by atoms with E-state index in [4.69, 9.17) is 92.6 Å². The molecule has 0 unspecified atom stereocenters. The number of hydrogen-bond acceptors (Lipinski definition) is 32. The number of hydrogen-bond donors (Lipinski definition) is 4. The van der Waals surface area contributed by atoms with E-state index in [0.717, 1.165) is 0 Å². The van der Waals surface area contributed by atoms with Crippen molar-refractivity contribution in [3.05, 3.63) is 151 Å². The molecular weight excluding hydrogens is 1640 g/mol. The number of terminal acetylenes is 3. The molecule has 3 aromatic carbocycles. The van der Waals surface area contributed by atoms with Crippen molar-refractivity contribution >= 4 is 132 Å². The lowest BCUT2D eigenvalue weighted by molar-refractivity contribution is -0.199. The van der Waals surface area contributed by atoms with Gasteiger partial charge < -0.3 is 63.3 Å². The number of benzene rings is 3. The number of alkyl halides is 1. The van der Waals surface area contributed by atoms with Gasteiger partial charge in [0.15, 0.2) is 81.2 Å². The van der Waals surface area contributed by atoms with Crippen LogP contribution in [-0.4, -0.2) is 220 Å². The Hall–Kier alpha value is -10.2. The lowest BCUT2D eigenvalue weighted by atomic mass is 10.1. The van der Waals surface area contributed by atoms with Gasteiger partial charge in [0.1, 0.15) is 85.1 Å². The maximum atomic E-state index is 13.5. The average molecular weight is 1730 g/mol. The molecule has 0 bridgehead atoms. The predicted octanol–water partition coefficient (Wildman–Crippen LogP) is 8.53. The first-order chi connectivity index (χ1) is 55.6. The van der Waals surface area contributed by atoms with Gasteiger partial charge in [0, 0.05) is 38.9 Å². The second-order valence-electron chi connectivity index (χ2n) is 29.3. The maximum Gasteiger partial charge on any atom is 0.420 e. The predicted molar refractivity (Wildman–Crippen MR) is 428 cm³/mol. The number of nitrogens with one attached hydrogen (secondary N) is 1. The van der Waals surface area contributed by atoms with Gasteiger partial charge in [-0.25, -0.2) is 72.7 Å². The standard InChI is InChI=1S/C28H31N5O8S.C26H29N5O6.C20H19N5O6S.C2H4Cl2O2S/c1-8-17-11-10-12-18(13-17)33(26(34)41-27(3,4)5)24-20-23(29-15-30-24)32(16-31-20)25-22-21(39-28(6,7)40-22)19(38-25)14-37-42(35,36)9-2;1-7-15-9-8-10-16(11-15)31(24(33)37-25(2,3)4)22-18-21(27-13-28-22)30(14-29-18)23-20-19(17(12-32)34-23)35-26(5,6)36-20;1-3-12-6-5-7-13(8-12)24-18-15-19(22-10-21-18)25(11-23-15)20-17(27)16(26)14(31-20)9-30-32(28,29)4-2;3-1-2-7(4,5)6/h1,9-13,15-16,19,21-22,25H,2,14H2,3-7H3;1,8-11,13-14,17,19-20,23,32H,12H2,2-6H3;1,4-8,10-11,14,16-17,20,26-27H,2,9H2,(H,21,22,24);1-2H2/t19-,21-,22-,25-;17-,19-,20-,23-;14-,16-,17-,20-;/m111./s1. The van der Waals surface area contributed by atoms with E-state index in [1.165, 1.54) is 46.0 Å². The minimum absolute atomic E-state index is 0.0613. The van der Waals surface area contributed by atoms with Gasteiger partial charge in [0.2, 0.25) is 9.05 Å². The molecule has 9 aromatic rings. The summed E-state index contributed by atoms with van der Waals surface area (Å²) in [6, 6.07) is 20.9. The molecule has 11 heterocycles. The third-order valence-corrected chi connectivity index (χ3v) is 20.9. The Balaban J connectivity index is 0.000000168. The van der Waals surface area contributed by atoms with Crippen molar-refractivity contribution in [2.75, 3.05) is 46.6 Å². The van der Waals surface area contributed by atoms with Gasteiger partial charge in [-0.1, -0.05) is 49.1 Å². The van der Waals surface area contributed by atoms with Gasteiger partial charge in [-0.3, -0.25) is 22.1 Å². The number of anilines is 6. The van der Waals surface area contributed by atoms with Gasteiger partial charge in [0.05, 0.1) is 66.7 Å². The topological polar surface area (TPSA) is 448 Å². The van der Waals surface area contributed by atoms with Crippen molar-refractivity contribution in [3.63, 3.8) is 0 Å². The number of carbonyl (C=O) groups excluding carboxylic acids is 2. The number of halogens is 2. The van der Waals surface area contributed by atoms with Crippen molar-refractivity contribution in [2.24, 2.45) is 0 Å². The lowest BCUT2D eigenvalue weighted by Gasteiger charge is -2.27. The molecular formula is C76H83Cl2N15O22S3. The molecule has 5 aliphatic heterocycles. The SMILES string of the molecule is C#Cc1cccc(N(C(=O)OC(C)(C)C)c2ncnc3c2ncn3[C@@H]2O[C@H](CO)[C@H]3OC(C)(C)O[C@H]32)c1.C#Cc1cccc(N(C(=O)OC(C)(C)C)c2ncnc3c2ncn3[C@@H]2O[C@H](COS(=O)(=O)C=C)[C@H]3OC(C)(C)O[C@H]32)c1.C#Cc1cccc(Nc2ncnc3c2ncn3[C@@H]2O[C@H](COS(=O)(=O)C=C)[C@@H](O)[C@H]2O)c1.O=S(=O)(Cl)CCCl. The number of nitrogens with zero attached hydrogens (tertiary/aromatic N) is 14. The van der Waals surface area contributed by atoms with Gasteiger partial charge in [-0.2, -0.15) is 16.8 Å². The number of rotatable bonds is 20. The highest BCUT2D eigenvalue weighted by Gasteiger charge is 2.58. The van der Waals surface area contributed by atoms with E-state index in [1.807, 2.05) is 19.9 Å². The number of aromatic nitrogens is 12. The summed E-state index contributed by atoms with van der Waals surface area (Å²) in [4.78, 5) is 69.0. The quantitative estimate of drug-likeness (QED) is 0.0240. The van der Waals surface area contributed by atoms with Crippen LogP contribution >= 0.6 is 22.3 Å². The van der Waals surface area contributed by atoms with Gasteiger partial charge in [-0.15, -0.1) is 30.9 Å². The smallest absolute Gasteiger partial charge is 0.420 e. The second kappa shape index (κ2) is 35.8. The maximum absolute atomic E-state index is 13.5. The molecule has 2 amide bonds. The number of ether oxygens (including phenoxy) is 9. The molecule has 626 valence electrons.